The molecule has 1 aromatic rings. The summed E-state index contributed by atoms with van der Waals surface area (Å²) < 4.78 is 10.5. The number of anilines is 1. The van der Waals surface area contributed by atoms with Crippen LogP contribution in [0, 0.1) is 0 Å². The Morgan fingerprint density at radius 3 is 2.71 bits per heavy atom. The third-order valence-electron chi connectivity index (χ3n) is 2.21. The second-order valence-electron chi connectivity index (χ2n) is 3.93. The van der Waals surface area contributed by atoms with Crippen LogP contribution in [0.15, 0.2) is 18.3 Å². The molecule has 0 spiro atoms. The Labute approximate surface area is 103 Å². The fourth-order valence-corrected chi connectivity index (χ4v) is 1.21. The van der Waals surface area contributed by atoms with Gasteiger partial charge in [-0.2, -0.15) is 0 Å². The van der Waals surface area contributed by atoms with Gasteiger partial charge in [0, 0.05) is 13.1 Å². The van der Waals surface area contributed by atoms with Gasteiger partial charge in [-0.3, -0.25) is 0 Å². The van der Waals surface area contributed by atoms with E-state index in [1.165, 1.54) is 0 Å². The number of ether oxygens (including phenoxy) is 2. The van der Waals surface area contributed by atoms with Gasteiger partial charge < -0.3 is 19.7 Å². The lowest BCUT2D eigenvalue weighted by atomic mass is 10.4. The van der Waals surface area contributed by atoms with Crippen LogP contribution < -0.4 is 10.1 Å². The molecule has 1 aromatic heterocycles. The van der Waals surface area contributed by atoms with Gasteiger partial charge in [-0.15, -0.1) is 0 Å². The van der Waals surface area contributed by atoms with E-state index in [1.807, 2.05) is 26.2 Å². The molecule has 0 aliphatic carbocycles. The van der Waals surface area contributed by atoms with Crippen LogP contribution in [0.1, 0.15) is 0 Å². The van der Waals surface area contributed by atoms with Crippen molar-refractivity contribution in [3.05, 3.63) is 18.3 Å². The quantitative estimate of drug-likeness (QED) is 0.688. The van der Waals surface area contributed by atoms with Gasteiger partial charge in [-0.25, -0.2) is 4.98 Å². The van der Waals surface area contributed by atoms with Crippen LogP contribution in [0.3, 0.4) is 0 Å². The van der Waals surface area contributed by atoms with Gasteiger partial charge >= 0.3 is 0 Å². The number of likely N-dealkylation sites (N-methyl/N-ethyl adjacent to an activating group) is 1. The van der Waals surface area contributed by atoms with Crippen molar-refractivity contribution in [2.45, 2.75) is 0 Å². The molecule has 1 rings (SSSR count). The molecule has 0 fully saturated rings. The minimum atomic E-state index is 0.682. The average Bonchev–Trinajstić information content (AvgIpc) is 2.34. The van der Waals surface area contributed by atoms with Gasteiger partial charge in [0.25, 0.3) is 0 Å². The third-order valence-corrected chi connectivity index (χ3v) is 2.21. The van der Waals surface area contributed by atoms with Crippen LogP contribution >= 0.6 is 0 Å². The standard InChI is InChI=1S/C12H21N3O2/c1-15(2)7-9-17-8-6-13-12-5-4-11(16-3)10-14-12/h4-5,10H,6-9H2,1-3H3,(H,13,14). The van der Waals surface area contributed by atoms with Crippen molar-refractivity contribution in [2.24, 2.45) is 0 Å². The molecule has 0 bridgehead atoms. The first-order chi connectivity index (χ1) is 8.22. The summed E-state index contributed by atoms with van der Waals surface area (Å²) in [7, 11) is 5.69. The highest BCUT2D eigenvalue weighted by Gasteiger charge is 1.95. The lowest BCUT2D eigenvalue weighted by Gasteiger charge is -2.10. The number of nitrogens with zero attached hydrogens (tertiary/aromatic N) is 2. The summed E-state index contributed by atoms with van der Waals surface area (Å²) in [5, 5.41) is 3.18. The van der Waals surface area contributed by atoms with Crippen molar-refractivity contribution in [3.63, 3.8) is 0 Å². The topological polar surface area (TPSA) is 46.6 Å². The molecule has 0 aromatic carbocycles. The summed E-state index contributed by atoms with van der Waals surface area (Å²) in [4.78, 5) is 6.29. The van der Waals surface area contributed by atoms with E-state index in [1.54, 1.807) is 13.3 Å². The van der Waals surface area contributed by atoms with E-state index < -0.39 is 0 Å². The van der Waals surface area contributed by atoms with Crippen molar-refractivity contribution in [1.82, 2.24) is 9.88 Å². The van der Waals surface area contributed by atoms with E-state index in [0.717, 1.165) is 31.3 Å². The summed E-state index contributed by atoms with van der Waals surface area (Å²) in [6.07, 6.45) is 1.69. The van der Waals surface area contributed by atoms with Crippen molar-refractivity contribution >= 4 is 5.82 Å². The molecule has 0 unspecified atom stereocenters. The highest BCUT2D eigenvalue weighted by atomic mass is 16.5. The summed E-state index contributed by atoms with van der Waals surface area (Å²) in [5.74, 6) is 1.60. The fourth-order valence-electron chi connectivity index (χ4n) is 1.21. The maximum atomic E-state index is 5.45. The van der Waals surface area contributed by atoms with E-state index in [0.29, 0.717) is 6.61 Å². The Morgan fingerprint density at radius 1 is 1.29 bits per heavy atom. The number of hydrogen-bond acceptors (Lipinski definition) is 5. The van der Waals surface area contributed by atoms with E-state index in [4.69, 9.17) is 9.47 Å². The molecule has 0 atom stereocenters. The van der Waals surface area contributed by atoms with Crippen LogP contribution in [0.25, 0.3) is 0 Å². The molecule has 96 valence electrons. The molecule has 1 heterocycles. The van der Waals surface area contributed by atoms with Crippen LogP contribution in [0.2, 0.25) is 0 Å². The average molecular weight is 239 g/mol. The summed E-state index contributed by atoms with van der Waals surface area (Å²) >= 11 is 0. The predicted molar refractivity (Wildman–Crippen MR) is 68.7 cm³/mol. The number of pyridine rings is 1. The number of aromatic nitrogens is 1. The highest BCUT2D eigenvalue weighted by molar-refractivity contribution is 5.37. The maximum Gasteiger partial charge on any atom is 0.137 e. The molecule has 0 saturated carbocycles. The number of nitrogens with one attached hydrogen (secondary N) is 1. The van der Waals surface area contributed by atoms with Crippen LogP contribution in [-0.4, -0.2) is 57.4 Å². The Bertz CT molecular complexity index is 301. The zero-order valence-corrected chi connectivity index (χ0v) is 10.8. The molecule has 0 radical (unpaired) electrons. The van der Waals surface area contributed by atoms with Gasteiger partial charge in [0.1, 0.15) is 11.6 Å². The molecule has 5 nitrogen and oxygen atoms in total. The van der Waals surface area contributed by atoms with Crippen molar-refractivity contribution < 1.29 is 9.47 Å². The summed E-state index contributed by atoms with van der Waals surface area (Å²) in [5.41, 5.74) is 0. The van der Waals surface area contributed by atoms with Crippen molar-refractivity contribution in [3.8, 4) is 5.75 Å². The lowest BCUT2D eigenvalue weighted by Crippen LogP contribution is -2.20. The van der Waals surface area contributed by atoms with Crippen LogP contribution in [-0.2, 0) is 4.74 Å². The van der Waals surface area contributed by atoms with Crippen LogP contribution in [0.4, 0.5) is 5.82 Å². The van der Waals surface area contributed by atoms with Gasteiger partial charge in [-0.1, -0.05) is 0 Å². The molecule has 17 heavy (non-hydrogen) atoms. The smallest absolute Gasteiger partial charge is 0.137 e. The fraction of sp³-hybridized carbons (Fsp3) is 0.583. The van der Waals surface area contributed by atoms with E-state index in [2.05, 4.69) is 15.2 Å². The second kappa shape index (κ2) is 7.86. The molecule has 5 heteroatoms. The minimum Gasteiger partial charge on any atom is -0.495 e. The first-order valence-corrected chi connectivity index (χ1v) is 5.69. The number of rotatable bonds is 8. The molecule has 0 aliphatic heterocycles. The van der Waals surface area contributed by atoms with Crippen molar-refractivity contribution in [2.75, 3.05) is 52.8 Å². The Morgan fingerprint density at radius 2 is 2.12 bits per heavy atom. The van der Waals surface area contributed by atoms with Gasteiger partial charge in [0.05, 0.1) is 26.5 Å². The molecule has 0 amide bonds. The first kappa shape index (κ1) is 13.7. The van der Waals surface area contributed by atoms with E-state index >= 15 is 0 Å². The molecule has 0 saturated heterocycles. The molecule has 0 aliphatic rings. The summed E-state index contributed by atoms with van der Waals surface area (Å²) in [6.45, 7) is 3.14. The minimum absolute atomic E-state index is 0.682. The maximum absolute atomic E-state index is 5.45. The van der Waals surface area contributed by atoms with E-state index in [9.17, 15) is 0 Å². The van der Waals surface area contributed by atoms with Crippen LogP contribution in [0.5, 0.6) is 5.75 Å². The van der Waals surface area contributed by atoms with Crippen molar-refractivity contribution in [1.29, 1.82) is 0 Å². The Kier molecular flexibility index (Phi) is 6.35. The highest BCUT2D eigenvalue weighted by Crippen LogP contribution is 2.10. The van der Waals surface area contributed by atoms with Gasteiger partial charge in [0.2, 0.25) is 0 Å². The molecular weight excluding hydrogens is 218 g/mol. The number of hydrogen-bond donors (Lipinski definition) is 1. The van der Waals surface area contributed by atoms with Gasteiger partial charge in [0.15, 0.2) is 0 Å². The van der Waals surface area contributed by atoms with Gasteiger partial charge in [-0.05, 0) is 26.2 Å². The predicted octanol–water partition coefficient (Wildman–Crippen LogP) is 1.08. The first-order valence-electron chi connectivity index (χ1n) is 5.69. The second-order valence-corrected chi connectivity index (χ2v) is 3.93. The zero-order valence-electron chi connectivity index (χ0n) is 10.8. The largest absolute Gasteiger partial charge is 0.495 e. The lowest BCUT2D eigenvalue weighted by molar-refractivity contribution is 0.126. The summed E-state index contributed by atoms with van der Waals surface area (Å²) in [6, 6.07) is 3.76. The zero-order chi connectivity index (χ0) is 12.5. The Balaban J connectivity index is 2.09. The third kappa shape index (κ3) is 6.09. The molecular formula is C12H21N3O2. The normalized spacial score (nSPS) is 10.6. The molecule has 1 N–H and O–H groups in total. The van der Waals surface area contributed by atoms with E-state index in [-0.39, 0.29) is 0 Å². The SMILES string of the molecule is COc1ccc(NCCOCCN(C)C)nc1. The monoisotopic (exact) mass is 239 g/mol. The number of methoxy groups -OCH3 is 1. The Hall–Kier alpha value is -1.33.